The highest BCUT2D eigenvalue weighted by molar-refractivity contribution is 6.04. The van der Waals surface area contributed by atoms with Crippen LogP contribution in [0.25, 0.3) is 0 Å². The Morgan fingerprint density at radius 1 is 1.09 bits per heavy atom. The fraction of sp³-hybridized carbons (Fsp3) is 0.235. The monoisotopic (exact) mass is 311 g/mol. The van der Waals surface area contributed by atoms with Gasteiger partial charge in [0.1, 0.15) is 0 Å². The van der Waals surface area contributed by atoms with Gasteiger partial charge in [-0.3, -0.25) is 14.9 Å². The van der Waals surface area contributed by atoms with Crippen LogP contribution in [0.4, 0.5) is 17.1 Å². The molecule has 6 heteroatoms. The second-order valence-corrected chi connectivity index (χ2v) is 5.50. The zero-order valence-corrected chi connectivity index (χ0v) is 12.6. The molecule has 3 rings (SSSR count). The zero-order valence-electron chi connectivity index (χ0n) is 12.6. The van der Waals surface area contributed by atoms with Crippen LogP contribution in [0.5, 0.6) is 0 Å². The number of nitrogens with one attached hydrogen (secondary N) is 1. The van der Waals surface area contributed by atoms with Crippen molar-refractivity contribution in [2.75, 3.05) is 23.3 Å². The average Bonchev–Trinajstić information content (AvgIpc) is 3.10. The number of carbonyl (C=O) groups excluding carboxylic acids is 1. The van der Waals surface area contributed by atoms with Crippen LogP contribution >= 0.6 is 0 Å². The quantitative estimate of drug-likeness (QED) is 0.693. The van der Waals surface area contributed by atoms with Crippen molar-refractivity contribution in [3.05, 3.63) is 64.2 Å². The third kappa shape index (κ3) is 3.48. The maximum Gasteiger partial charge on any atom is 0.269 e. The van der Waals surface area contributed by atoms with E-state index in [1.807, 2.05) is 24.3 Å². The fourth-order valence-electron chi connectivity index (χ4n) is 2.69. The van der Waals surface area contributed by atoms with Gasteiger partial charge in [0.2, 0.25) is 0 Å². The minimum Gasteiger partial charge on any atom is -0.371 e. The van der Waals surface area contributed by atoms with Crippen molar-refractivity contribution < 1.29 is 9.72 Å². The molecular formula is C17H17N3O3. The minimum atomic E-state index is -0.485. The van der Waals surface area contributed by atoms with E-state index in [0.29, 0.717) is 5.56 Å². The number of nitro benzene ring substituents is 1. The summed E-state index contributed by atoms with van der Waals surface area (Å²) in [4.78, 5) is 24.7. The highest BCUT2D eigenvalue weighted by Gasteiger charge is 2.14. The summed E-state index contributed by atoms with van der Waals surface area (Å²) in [7, 11) is 0. The first-order valence-electron chi connectivity index (χ1n) is 7.54. The van der Waals surface area contributed by atoms with Gasteiger partial charge in [-0.2, -0.15) is 0 Å². The normalized spacial score (nSPS) is 13.8. The molecule has 23 heavy (non-hydrogen) atoms. The Balaban J connectivity index is 1.72. The lowest BCUT2D eigenvalue weighted by Crippen LogP contribution is -2.18. The Hall–Kier alpha value is -2.89. The molecule has 1 saturated heterocycles. The SMILES string of the molecule is O=C(Nc1cccc(N2CCCC2)c1)c1ccc([N+](=O)[O-])cc1. The van der Waals surface area contributed by atoms with Gasteiger partial charge in [-0.05, 0) is 43.2 Å². The molecule has 0 atom stereocenters. The van der Waals surface area contributed by atoms with Crippen LogP contribution in [0.2, 0.25) is 0 Å². The maximum absolute atomic E-state index is 12.2. The van der Waals surface area contributed by atoms with E-state index in [0.717, 1.165) is 24.5 Å². The summed E-state index contributed by atoms with van der Waals surface area (Å²) >= 11 is 0. The molecular weight excluding hydrogens is 294 g/mol. The number of carbonyl (C=O) groups is 1. The third-order valence-electron chi connectivity index (χ3n) is 3.92. The lowest BCUT2D eigenvalue weighted by molar-refractivity contribution is -0.384. The van der Waals surface area contributed by atoms with E-state index in [-0.39, 0.29) is 11.6 Å². The first-order valence-corrected chi connectivity index (χ1v) is 7.54. The summed E-state index contributed by atoms with van der Waals surface area (Å²) in [5.41, 5.74) is 2.18. The summed E-state index contributed by atoms with van der Waals surface area (Å²) in [6.45, 7) is 2.08. The van der Waals surface area contributed by atoms with Crippen molar-refractivity contribution in [3.63, 3.8) is 0 Å². The van der Waals surface area contributed by atoms with Gasteiger partial charge in [0, 0.05) is 42.2 Å². The highest BCUT2D eigenvalue weighted by atomic mass is 16.6. The number of rotatable bonds is 4. The van der Waals surface area contributed by atoms with Gasteiger partial charge >= 0.3 is 0 Å². The molecule has 0 aliphatic carbocycles. The topological polar surface area (TPSA) is 75.5 Å². The molecule has 118 valence electrons. The molecule has 2 aromatic rings. The summed E-state index contributed by atoms with van der Waals surface area (Å²) in [5, 5.41) is 13.5. The van der Waals surface area contributed by atoms with Gasteiger partial charge in [-0.25, -0.2) is 0 Å². The second kappa shape index (κ2) is 6.48. The number of amides is 1. The predicted octanol–water partition coefficient (Wildman–Crippen LogP) is 3.45. The molecule has 1 N–H and O–H groups in total. The average molecular weight is 311 g/mol. The van der Waals surface area contributed by atoms with Crippen LogP contribution in [-0.4, -0.2) is 23.9 Å². The van der Waals surface area contributed by atoms with E-state index in [9.17, 15) is 14.9 Å². The van der Waals surface area contributed by atoms with Crippen LogP contribution in [-0.2, 0) is 0 Å². The Morgan fingerprint density at radius 3 is 2.43 bits per heavy atom. The van der Waals surface area contributed by atoms with Crippen LogP contribution in [0.15, 0.2) is 48.5 Å². The summed E-state index contributed by atoms with van der Waals surface area (Å²) in [6, 6.07) is 13.3. The smallest absolute Gasteiger partial charge is 0.269 e. The molecule has 0 saturated carbocycles. The molecule has 1 aliphatic rings. The Bertz CT molecular complexity index is 722. The van der Waals surface area contributed by atoms with Crippen LogP contribution in [0, 0.1) is 10.1 Å². The Kier molecular flexibility index (Phi) is 4.23. The number of nitrogens with zero attached hydrogens (tertiary/aromatic N) is 2. The lowest BCUT2D eigenvalue weighted by atomic mass is 10.2. The Labute approximate surface area is 133 Å². The molecule has 0 bridgehead atoms. The highest BCUT2D eigenvalue weighted by Crippen LogP contribution is 2.23. The van der Waals surface area contributed by atoms with Gasteiger partial charge in [0.05, 0.1) is 4.92 Å². The molecule has 1 fully saturated rings. The van der Waals surface area contributed by atoms with E-state index in [1.165, 1.54) is 37.1 Å². The van der Waals surface area contributed by atoms with E-state index in [1.54, 1.807) is 0 Å². The molecule has 1 heterocycles. The van der Waals surface area contributed by atoms with Crippen molar-refractivity contribution in [2.45, 2.75) is 12.8 Å². The van der Waals surface area contributed by atoms with Gasteiger partial charge in [0.25, 0.3) is 11.6 Å². The van der Waals surface area contributed by atoms with Gasteiger partial charge in [-0.15, -0.1) is 0 Å². The molecule has 2 aromatic carbocycles. The third-order valence-corrected chi connectivity index (χ3v) is 3.92. The molecule has 0 unspecified atom stereocenters. The summed E-state index contributed by atoms with van der Waals surface area (Å²) in [6.07, 6.45) is 2.39. The summed E-state index contributed by atoms with van der Waals surface area (Å²) in [5.74, 6) is -0.279. The van der Waals surface area contributed by atoms with Crippen LogP contribution in [0.1, 0.15) is 23.2 Å². The van der Waals surface area contributed by atoms with Crippen molar-refractivity contribution in [1.82, 2.24) is 0 Å². The van der Waals surface area contributed by atoms with Crippen LogP contribution < -0.4 is 10.2 Å². The standard InChI is InChI=1S/C17H17N3O3/c21-17(13-6-8-15(9-7-13)20(22)23)18-14-4-3-5-16(12-14)19-10-1-2-11-19/h3-9,12H,1-2,10-11H2,(H,18,21). The van der Waals surface area contributed by atoms with Gasteiger partial charge in [0.15, 0.2) is 0 Å². The van der Waals surface area contributed by atoms with Gasteiger partial charge < -0.3 is 10.2 Å². The number of non-ortho nitro benzene ring substituents is 1. The maximum atomic E-state index is 12.2. The molecule has 0 spiro atoms. The van der Waals surface area contributed by atoms with Crippen molar-refractivity contribution in [2.24, 2.45) is 0 Å². The predicted molar refractivity (Wildman–Crippen MR) is 88.9 cm³/mol. The van der Waals surface area contributed by atoms with Crippen molar-refractivity contribution in [1.29, 1.82) is 0 Å². The van der Waals surface area contributed by atoms with E-state index < -0.39 is 4.92 Å². The zero-order chi connectivity index (χ0) is 16.2. The largest absolute Gasteiger partial charge is 0.371 e. The molecule has 1 amide bonds. The number of hydrogen-bond donors (Lipinski definition) is 1. The fourth-order valence-corrected chi connectivity index (χ4v) is 2.69. The minimum absolute atomic E-state index is 0.0300. The number of benzene rings is 2. The Morgan fingerprint density at radius 2 is 1.78 bits per heavy atom. The van der Waals surface area contributed by atoms with Gasteiger partial charge in [-0.1, -0.05) is 6.07 Å². The van der Waals surface area contributed by atoms with Crippen molar-refractivity contribution in [3.8, 4) is 0 Å². The van der Waals surface area contributed by atoms with E-state index >= 15 is 0 Å². The second-order valence-electron chi connectivity index (χ2n) is 5.50. The molecule has 1 aliphatic heterocycles. The van der Waals surface area contributed by atoms with E-state index in [2.05, 4.69) is 10.2 Å². The number of anilines is 2. The molecule has 6 nitrogen and oxygen atoms in total. The van der Waals surface area contributed by atoms with Crippen LogP contribution in [0.3, 0.4) is 0 Å². The first-order chi connectivity index (χ1) is 11.1. The molecule has 0 aromatic heterocycles. The van der Waals surface area contributed by atoms with Crippen molar-refractivity contribution >= 4 is 23.0 Å². The molecule has 0 radical (unpaired) electrons. The number of hydrogen-bond acceptors (Lipinski definition) is 4. The van der Waals surface area contributed by atoms with E-state index in [4.69, 9.17) is 0 Å². The summed E-state index contributed by atoms with van der Waals surface area (Å²) < 4.78 is 0. The first kappa shape index (κ1) is 15.0. The number of nitro groups is 1. The lowest BCUT2D eigenvalue weighted by Gasteiger charge is -2.18.